The van der Waals surface area contributed by atoms with Gasteiger partial charge in [0.2, 0.25) is 0 Å². The molecule has 0 radical (unpaired) electrons. The van der Waals surface area contributed by atoms with Crippen LogP contribution >= 0.6 is 0 Å². The molecule has 0 heterocycles. The van der Waals surface area contributed by atoms with Gasteiger partial charge < -0.3 is 14.8 Å². The van der Waals surface area contributed by atoms with Crippen LogP contribution in [0.15, 0.2) is 97.1 Å². The maximum Gasteiger partial charge on any atom is 0.407 e. The molecule has 41 heavy (non-hydrogen) atoms. The maximum atomic E-state index is 11.6. The van der Waals surface area contributed by atoms with Crippen molar-refractivity contribution < 1.29 is 23.9 Å². The molecule has 2 aliphatic rings. The van der Waals surface area contributed by atoms with Gasteiger partial charge in [-0.15, -0.1) is 0 Å². The molecule has 0 aromatic heterocycles. The van der Waals surface area contributed by atoms with E-state index in [1.54, 1.807) is 0 Å². The van der Waals surface area contributed by atoms with E-state index in [1.807, 2.05) is 43.3 Å². The number of alkyl carbamates (subject to hydrolysis) is 1. The standard InChI is InChI=1S/C18H17NO3.C17H16O2/c1-12(20)10-19-18(21)22-11-17-15-8-4-2-6-13(15)14-7-3-5-9-16(14)17;1-2-17(18)19-11-16-14-9-5-3-7-12(14)13-8-4-6-10-15(13)16/h2-9,17H,10-11H2,1H3,(H,19,21);3-10,16H,2,11H2,1H3. The number of nitrogens with one attached hydrogen (secondary N) is 1. The molecule has 1 amide bonds. The van der Waals surface area contributed by atoms with Crippen molar-refractivity contribution in [1.82, 2.24) is 5.32 Å². The van der Waals surface area contributed by atoms with E-state index >= 15 is 0 Å². The van der Waals surface area contributed by atoms with Crippen molar-refractivity contribution in [1.29, 1.82) is 0 Å². The number of hydrogen-bond acceptors (Lipinski definition) is 5. The van der Waals surface area contributed by atoms with Crippen LogP contribution in [-0.4, -0.2) is 37.6 Å². The maximum absolute atomic E-state index is 11.6. The Balaban J connectivity index is 0.000000166. The third-order valence-electron chi connectivity index (χ3n) is 7.49. The highest BCUT2D eigenvalue weighted by Crippen LogP contribution is 2.45. The molecule has 6 rings (SSSR count). The number of Topliss-reactive ketones (excluding diaryl/α,β-unsaturated/α-hetero) is 1. The zero-order chi connectivity index (χ0) is 28.8. The highest BCUT2D eigenvalue weighted by Gasteiger charge is 2.30. The zero-order valence-corrected chi connectivity index (χ0v) is 23.3. The number of hydrogen-bond donors (Lipinski definition) is 1. The summed E-state index contributed by atoms with van der Waals surface area (Å²) in [5, 5.41) is 2.44. The Morgan fingerprint density at radius 2 is 0.976 bits per heavy atom. The van der Waals surface area contributed by atoms with Crippen LogP contribution in [0.2, 0.25) is 0 Å². The minimum Gasteiger partial charge on any atom is -0.465 e. The van der Waals surface area contributed by atoms with Gasteiger partial charge in [0.25, 0.3) is 0 Å². The van der Waals surface area contributed by atoms with Crippen LogP contribution in [0.5, 0.6) is 0 Å². The largest absolute Gasteiger partial charge is 0.465 e. The molecule has 2 aliphatic carbocycles. The Morgan fingerprint density at radius 1 is 0.610 bits per heavy atom. The SMILES string of the molecule is CC(=O)CNC(=O)OCC1c2ccccc2-c2ccccc21.CCC(=O)OCC1c2ccccc2-c2ccccc21. The van der Waals surface area contributed by atoms with E-state index in [1.165, 1.54) is 51.4 Å². The van der Waals surface area contributed by atoms with Gasteiger partial charge in [-0.3, -0.25) is 9.59 Å². The Labute approximate surface area is 240 Å². The van der Waals surface area contributed by atoms with Gasteiger partial charge in [0.15, 0.2) is 0 Å². The molecular weight excluding hydrogens is 514 g/mol. The minimum atomic E-state index is -0.558. The molecule has 0 unspecified atom stereocenters. The number of fused-ring (bicyclic) bond motifs is 6. The highest BCUT2D eigenvalue weighted by molar-refractivity contribution is 5.82. The zero-order valence-electron chi connectivity index (χ0n) is 23.3. The quantitative estimate of drug-likeness (QED) is 0.256. The summed E-state index contributed by atoms with van der Waals surface area (Å²) in [6.45, 7) is 3.93. The fourth-order valence-electron chi connectivity index (χ4n) is 5.56. The van der Waals surface area contributed by atoms with E-state index in [4.69, 9.17) is 9.47 Å². The monoisotopic (exact) mass is 547 g/mol. The van der Waals surface area contributed by atoms with Crippen molar-refractivity contribution in [3.05, 3.63) is 119 Å². The second-order valence-corrected chi connectivity index (χ2v) is 10.1. The van der Waals surface area contributed by atoms with Crippen LogP contribution in [0.25, 0.3) is 22.3 Å². The lowest BCUT2D eigenvalue weighted by molar-refractivity contribution is -0.143. The summed E-state index contributed by atoms with van der Waals surface area (Å²) in [5.74, 6) is -0.0336. The van der Waals surface area contributed by atoms with E-state index in [2.05, 4.69) is 66.0 Å². The Hall–Kier alpha value is -4.71. The number of carbonyl (C=O) groups is 3. The lowest BCUT2D eigenvalue weighted by Crippen LogP contribution is -2.30. The topological polar surface area (TPSA) is 81.7 Å². The highest BCUT2D eigenvalue weighted by atomic mass is 16.5. The molecule has 0 saturated carbocycles. The van der Waals surface area contributed by atoms with Gasteiger partial charge in [-0.1, -0.05) is 104 Å². The van der Waals surface area contributed by atoms with Crippen LogP contribution in [0.4, 0.5) is 4.79 Å². The molecule has 0 atom stereocenters. The second kappa shape index (κ2) is 12.6. The molecule has 1 N–H and O–H groups in total. The number of benzene rings is 4. The molecule has 6 heteroatoms. The Kier molecular flexibility index (Phi) is 8.59. The molecule has 0 bridgehead atoms. The van der Waals surface area contributed by atoms with E-state index < -0.39 is 6.09 Å². The van der Waals surface area contributed by atoms with Gasteiger partial charge in [0, 0.05) is 18.3 Å². The number of amides is 1. The van der Waals surface area contributed by atoms with Crippen LogP contribution in [-0.2, 0) is 19.1 Å². The number of ketones is 1. The van der Waals surface area contributed by atoms with E-state index in [0.717, 1.165) is 0 Å². The summed E-state index contributed by atoms with van der Waals surface area (Å²) in [5.41, 5.74) is 9.75. The minimum absolute atomic E-state index is 0.00330. The lowest BCUT2D eigenvalue weighted by Gasteiger charge is -2.14. The van der Waals surface area contributed by atoms with Gasteiger partial charge >= 0.3 is 12.1 Å². The summed E-state index contributed by atoms with van der Waals surface area (Å²) in [7, 11) is 0. The van der Waals surface area contributed by atoms with Crippen LogP contribution in [0, 0.1) is 0 Å². The van der Waals surface area contributed by atoms with Crippen molar-refractivity contribution in [2.45, 2.75) is 32.1 Å². The summed E-state index contributed by atoms with van der Waals surface area (Å²) in [4.78, 5) is 33.9. The van der Waals surface area contributed by atoms with Crippen molar-refractivity contribution >= 4 is 17.8 Å². The molecule has 4 aromatic carbocycles. The average Bonchev–Trinajstić information content (AvgIpc) is 3.50. The van der Waals surface area contributed by atoms with Crippen LogP contribution < -0.4 is 5.32 Å². The van der Waals surface area contributed by atoms with Gasteiger partial charge in [-0.2, -0.15) is 0 Å². The van der Waals surface area contributed by atoms with E-state index in [-0.39, 0.29) is 36.7 Å². The first-order valence-corrected chi connectivity index (χ1v) is 13.9. The molecule has 208 valence electrons. The Morgan fingerprint density at radius 3 is 1.34 bits per heavy atom. The van der Waals surface area contributed by atoms with E-state index in [9.17, 15) is 14.4 Å². The van der Waals surface area contributed by atoms with Crippen LogP contribution in [0.3, 0.4) is 0 Å². The lowest BCUT2D eigenvalue weighted by atomic mass is 9.98. The normalized spacial score (nSPS) is 12.6. The molecule has 0 saturated heterocycles. The van der Waals surface area contributed by atoms with E-state index in [0.29, 0.717) is 13.0 Å². The predicted octanol–water partition coefficient (Wildman–Crippen LogP) is 6.87. The first kappa shape index (κ1) is 27.8. The summed E-state index contributed by atoms with van der Waals surface area (Å²) >= 11 is 0. The molecule has 0 fully saturated rings. The number of esters is 1. The first-order chi connectivity index (χ1) is 20.0. The van der Waals surface area contributed by atoms with Crippen molar-refractivity contribution in [2.75, 3.05) is 19.8 Å². The second-order valence-electron chi connectivity index (χ2n) is 10.1. The average molecular weight is 548 g/mol. The number of ether oxygens (including phenoxy) is 2. The molecule has 6 nitrogen and oxygen atoms in total. The first-order valence-electron chi connectivity index (χ1n) is 13.9. The molecule has 0 aliphatic heterocycles. The predicted molar refractivity (Wildman–Crippen MR) is 159 cm³/mol. The van der Waals surface area contributed by atoms with Gasteiger partial charge in [0.05, 0.1) is 6.54 Å². The van der Waals surface area contributed by atoms with Crippen molar-refractivity contribution in [3.63, 3.8) is 0 Å². The van der Waals surface area contributed by atoms with Crippen molar-refractivity contribution in [3.8, 4) is 22.3 Å². The fourth-order valence-corrected chi connectivity index (χ4v) is 5.56. The third kappa shape index (κ3) is 6.07. The molecule has 0 spiro atoms. The number of carbonyl (C=O) groups excluding carboxylic acids is 3. The Bertz CT molecular complexity index is 1490. The summed E-state index contributed by atoms with van der Waals surface area (Å²) < 4.78 is 10.6. The summed E-state index contributed by atoms with van der Waals surface area (Å²) in [6.07, 6.45) is -0.132. The van der Waals surface area contributed by atoms with Crippen molar-refractivity contribution in [2.24, 2.45) is 0 Å². The number of rotatable bonds is 7. The van der Waals surface area contributed by atoms with Crippen LogP contribution in [0.1, 0.15) is 54.4 Å². The molecular formula is C35H33NO5. The third-order valence-corrected chi connectivity index (χ3v) is 7.49. The van der Waals surface area contributed by atoms with Gasteiger partial charge in [0.1, 0.15) is 19.0 Å². The molecule has 4 aromatic rings. The summed E-state index contributed by atoms with van der Waals surface area (Å²) in [6, 6.07) is 33.0. The smallest absolute Gasteiger partial charge is 0.407 e. The van der Waals surface area contributed by atoms with Gasteiger partial charge in [-0.25, -0.2) is 4.79 Å². The fraction of sp³-hybridized carbons (Fsp3) is 0.229. The van der Waals surface area contributed by atoms with Gasteiger partial charge in [-0.05, 0) is 51.4 Å².